The van der Waals surface area contributed by atoms with Crippen molar-refractivity contribution < 1.29 is 8.78 Å². The summed E-state index contributed by atoms with van der Waals surface area (Å²) in [5.74, 6) is -1.78. The SMILES string of the molecule is CCNc1cncc(Nc2cccc(F)c2F)c1. The molecular formula is C13H13F2N3. The van der Waals surface area contributed by atoms with E-state index in [4.69, 9.17) is 0 Å². The van der Waals surface area contributed by atoms with Gasteiger partial charge in [0.1, 0.15) is 0 Å². The average Bonchev–Trinajstić information content (AvgIpc) is 2.36. The number of rotatable bonds is 4. The van der Waals surface area contributed by atoms with Crippen LogP contribution in [0, 0.1) is 11.6 Å². The number of hydrogen-bond acceptors (Lipinski definition) is 3. The predicted octanol–water partition coefficient (Wildman–Crippen LogP) is 3.54. The first-order valence-corrected chi connectivity index (χ1v) is 5.60. The fourth-order valence-corrected chi connectivity index (χ4v) is 1.56. The maximum atomic E-state index is 13.5. The molecule has 2 aromatic rings. The highest BCUT2D eigenvalue weighted by molar-refractivity contribution is 5.63. The van der Waals surface area contributed by atoms with E-state index in [0.29, 0.717) is 5.69 Å². The van der Waals surface area contributed by atoms with Crippen LogP contribution in [0.15, 0.2) is 36.7 Å². The number of aromatic nitrogens is 1. The molecular weight excluding hydrogens is 236 g/mol. The standard InChI is InChI=1S/C13H13F2N3/c1-2-17-9-6-10(8-16-7-9)18-12-5-3-4-11(14)13(12)15/h3-8,17-18H,2H2,1H3. The molecule has 0 unspecified atom stereocenters. The van der Waals surface area contributed by atoms with Crippen molar-refractivity contribution in [2.24, 2.45) is 0 Å². The molecule has 0 fully saturated rings. The van der Waals surface area contributed by atoms with Crippen molar-refractivity contribution >= 4 is 17.1 Å². The first-order valence-electron chi connectivity index (χ1n) is 5.60. The summed E-state index contributed by atoms with van der Waals surface area (Å²) < 4.78 is 26.5. The number of hydrogen-bond donors (Lipinski definition) is 2. The Kier molecular flexibility index (Phi) is 3.72. The average molecular weight is 249 g/mol. The Hall–Kier alpha value is -2.17. The van der Waals surface area contributed by atoms with Crippen LogP contribution in [0.2, 0.25) is 0 Å². The lowest BCUT2D eigenvalue weighted by Crippen LogP contribution is -2.00. The Morgan fingerprint density at radius 2 is 1.94 bits per heavy atom. The molecule has 0 aliphatic rings. The highest BCUT2D eigenvalue weighted by atomic mass is 19.2. The molecule has 0 saturated heterocycles. The van der Waals surface area contributed by atoms with Crippen LogP contribution in [0.25, 0.3) is 0 Å². The lowest BCUT2D eigenvalue weighted by Gasteiger charge is -2.09. The largest absolute Gasteiger partial charge is 0.384 e. The number of nitrogens with one attached hydrogen (secondary N) is 2. The van der Waals surface area contributed by atoms with E-state index in [0.717, 1.165) is 18.3 Å². The molecule has 0 aliphatic heterocycles. The lowest BCUT2D eigenvalue weighted by atomic mass is 10.2. The molecule has 94 valence electrons. The first-order chi connectivity index (χ1) is 8.70. The Labute approximate surface area is 104 Å². The van der Waals surface area contributed by atoms with Crippen LogP contribution in [-0.2, 0) is 0 Å². The van der Waals surface area contributed by atoms with Gasteiger partial charge in [0, 0.05) is 6.54 Å². The minimum atomic E-state index is -0.897. The van der Waals surface area contributed by atoms with Gasteiger partial charge < -0.3 is 10.6 Å². The summed E-state index contributed by atoms with van der Waals surface area (Å²) in [7, 11) is 0. The summed E-state index contributed by atoms with van der Waals surface area (Å²) >= 11 is 0. The predicted molar refractivity (Wildman–Crippen MR) is 68.0 cm³/mol. The summed E-state index contributed by atoms with van der Waals surface area (Å²) in [4.78, 5) is 4.01. The zero-order chi connectivity index (χ0) is 13.0. The molecule has 0 atom stereocenters. The van der Waals surface area contributed by atoms with E-state index in [1.54, 1.807) is 18.5 Å². The lowest BCUT2D eigenvalue weighted by molar-refractivity contribution is 0.512. The Morgan fingerprint density at radius 3 is 2.72 bits per heavy atom. The number of pyridine rings is 1. The zero-order valence-corrected chi connectivity index (χ0v) is 9.87. The molecule has 1 heterocycles. The first kappa shape index (κ1) is 12.3. The molecule has 0 saturated carbocycles. The van der Waals surface area contributed by atoms with Crippen molar-refractivity contribution in [3.8, 4) is 0 Å². The van der Waals surface area contributed by atoms with Gasteiger partial charge in [-0.15, -0.1) is 0 Å². The van der Waals surface area contributed by atoms with Crippen molar-refractivity contribution in [2.45, 2.75) is 6.92 Å². The van der Waals surface area contributed by atoms with Crippen molar-refractivity contribution in [3.63, 3.8) is 0 Å². The molecule has 1 aromatic heterocycles. The zero-order valence-electron chi connectivity index (χ0n) is 9.87. The molecule has 3 nitrogen and oxygen atoms in total. The van der Waals surface area contributed by atoms with Gasteiger partial charge in [0.05, 0.1) is 29.5 Å². The van der Waals surface area contributed by atoms with Gasteiger partial charge in [-0.25, -0.2) is 8.78 Å². The van der Waals surface area contributed by atoms with E-state index in [1.807, 2.05) is 6.92 Å². The van der Waals surface area contributed by atoms with Gasteiger partial charge in [-0.3, -0.25) is 4.98 Å². The summed E-state index contributed by atoms with van der Waals surface area (Å²) in [5, 5.41) is 5.88. The third-order valence-corrected chi connectivity index (χ3v) is 2.35. The second-order valence-electron chi connectivity index (χ2n) is 3.72. The van der Waals surface area contributed by atoms with Gasteiger partial charge in [0.2, 0.25) is 0 Å². The van der Waals surface area contributed by atoms with Crippen LogP contribution in [0.1, 0.15) is 6.92 Å². The maximum Gasteiger partial charge on any atom is 0.182 e. The third kappa shape index (κ3) is 2.74. The van der Waals surface area contributed by atoms with Crippen LogP contribution >= 0.6 is 0 Å². The molecule has 18 heavy (non-hydrogen) atoms. The Morgan fingerprint density at radius 1 is 1.17 bits per heavy atom. The van der Waals surface area contributed by atoms with E-state index in [-0.39, 0.29) is 5.69 Å². The summed E-state index contributed by atoms with van der Waals surface area (Å²) in [6.45, 7) is 2.73. The van der Waals surface area contributed by atoms with E-state index in [1.165, 1.54) is 12.1 Å². The molecule has 0 radical (unpaired) electrons. The van der Waals surface area contributed by atoms with Gasteiger partial charge >= 0.3 is 0 Å². The van der Waals surface area contributed by atoms with Gasteiger partial charge in [-0.1, -0.05) is 6.07 Å². The van der Waals surface area contributed by atoms with E-state index in [2.05, 4.69) is 15.6 Å². The fraction of sp³-hybridized carbons (Fsp3) is 0.154. The third-order valence-electron chi connectivity index (χ3n) is 2.35. The number of nitrogens with zero attached hydrogens (tertiary/aromatic N) is 1. The molecule has 2 rings (SSSR count). The van der Waals surface area contributed by atoms with Crippen molar-refractivity contribution in [1.82, 2.24) is 4.98 Å². The van der Waals surface area contributed by atoms with Gasteiger partial charge in [0.25, 0.3) is 0 Å². The second-order valence-corrected chi connectivity index (χ2v) is 3.72. The van der Waals surface area contributed by atoms with E-state index in [9.17, 15) is 8.78 Å². The maximum absolute atomic E-state index is 13.5. The molecule has 0 aliphatic carbocycles. The smallest absolute Gasteiger partial charge is 0.182 e. The molecule has 2 N–H and O–H groups in total. The van der Waals surface area contributed by atoms with Crippen molar-refractivity contribution in [2.75, 3.05) is 17.2 Å². The van der Waals surface area contributed by atoms with Crippen LogP contribution in [-0.4, -0.2) is 11.5 Å². The summed E-state index contributed by atoms with van der Waals surface area (Å²) in [6, 6.07) is 5.77. The minimum absolute atomic E-state index is 0.0884. The topological polar surface area (TPSA) is 37.0 Å². The normalized spacial score (nSPS) is 10.2. The molecule has 5 heteroatoms. The minimum Gasteiger partial charge on any atom is -0.384 e. The summed E-state index contributed by atoms with van der Waals surface area (Å²) in [5.41, 5.74) is 1.50. The molecule has 1 aromatic carbocycles. The Bertz CT molecular complexity index is 544. The Balaban J connectivity index is 2.23. The monoisotopic (exact) mass is 249 g/mol. The molecule has 0 bridgehead atoms. The molecule has 0 amide bonds. The van der Waals surface area contributed by atoms with Crippen LogP contribution in [0.5, 0.6) is 0 Å². The van der Waals surface area contributed by atoms with Crippen molar-refractivity contribution in [3.05, 3.63) is 48.3 Å². The van der Waals surface area contributed by atoms with E-state index >= 15 is 0 Å². The highest BCUT2D eigenvalue weighted by Crippen LogP contribution is 2.22. The fourth-order valence-electron chi connectivity index (χ4n) is 1.56. The second kappa shape index (κ2) is 5.44. The highest BCUT2D eigenvalue weighted by Gasteiger charge is 2.07. The van der Waals surface area contributed by atoms with Gasteiger partial charge in [0.15, 0.2) is 11.6 Å². The van der Waals surface area contributed by atoms with Gasteiger partial charge in [-0.05, 0) is 25.1 Å². The number of halogens is 2. The van der Waals surface area contributed by atoms with Gasteiger partial charge in [-0.2, -0.15) is 0 Å². The van der Waals surface area contributed by atoms with Crippen molar-refractivity contribution in [1.29, 1.82) is 0 Å². The van der Waals surface area contributed by atoms with E-state index < -0.39 is 11.6 Å². The van der Waals surface area contributed by atoms with Crippen LogP contribution in [0.3, 0.4) is 0 Å². The summed E-state index contributed by atoms with van der Waals surface area (Å²) in [6.07, 6.45) is 3.21. The number of anilines is 3. The molecule has 0 spiro atoms. The van der Waals surface area contributed by atoms with Crippen LogP contribution < -0.4 is 10.6 Å². The number of benzene rings is 1. The quantitative estimate of drug-likeness (QED) is 0.870. The van der Waals surface area contributed by atoms with Crippen LogP contribution in [0.4, 0.5) is 25.8 Å².